The van der Waals surface area contributed by atoms with Crippen molar-refractivity contribution in [2.24, 2.45) is 5.92 Å². The minimum absolute atomic E-state index is 0.800. The Kier molecular flexibility index (Phi) is 7.58. The molecule has 0 rings (SSSR count). The van der Waals surface area contributed by atoms with Crippen molar-refractivity contribution < 1.29 is 0 Å². The molecule has 70 valence electrons. The molecule has 0 fully saturated rings. The second-order valence-electron chi connectivity index (χ2n) is 3.56. The van der Waals surface area contributed by atoms with E-state index in [2.05, 4.69) is 48.9 Å². The first-order chi connectivity index (χ1) is 5.66. The standard InChI is InChI=1S/C11H19Br/c1-10(2)6-4-7-11(3)8-5-9-12/h5-6,9,11H,4,7-8H2,1-3H3/b9-5+. The summed E-state index contributed by atoms with van der Waals surface area (Å²) in [5, 5.41) is 0. The summed E-state index contributed by atoms with van der Waals surface area (Å²) in [6.07, 6.45) is 8.19. The smallest absolute Gasteiger partial charge is 0.0229 e. The van der Waals surface area contributed by atoms with Crippen LogP contribution in [-0.4, -0.2) is 0 Å². The van der Waals surface area contributed by atoms with E-state index < -0.39 is 0 Å². The second kappa shape index (κ2) is 7.60. The molecule has 1 atom stereocenters. The fourth-order valence-electron chi connectivity index (χ4n) is 1.06. The van der Waals surface area contributed by atoms with Crippen LogP contribution in [0.3, 0.4) is 0 Å². The maximum Gasteiger partial charge on any atom is -0.0229 e. The lowest BCUT2D eigenvalue weighted by Crippen LogP contribution is -1.90. The number of halogens is 1. The van der Waals surface area contributed by atoms with E-state index in [4.69, 9.17) is 0 Å². The first-order valence-corrected chi connectivity index (χ1v) is 5.47. The quantitative estimate of drug-likeness (QED) is 0.603. The Morgan fingerprint density at radius 2 is 2.08 bits per heavy atom. The van der Waals surface area contributed by atoms with Gasteiger partial charge in [-0.3, -0.25) is 0 Å². The molecule has 0 aromatic carbocycles. The molecule has 12 heavy (non-hydrogen) atoms. The minimum Gasteiger partial charge on any atom is -0.0859 e. The van der Waals surface area contributed by atoms with Crippen LogP contribution >= 0.6 is 15.9 Å². The Balaban J connectivity index is 3.43. The van der Waals surface area contributed by atoms with Gasteiger partial charge in [-0.05, 0) is 44.0 Å². The van der Waals surface area contributed by atoms with Gasteiger partial charge in [0.05, 0.1) is 0 Å². The Morgan fingerprint density at radius 3 is 2.58 bits per heavy atom. The van der Waals surface area contributed by atoms with Crippen molar-refractivity contribution >= 4 is 15.9 Å². The Bertz CT molecular complexity index is 152. The summed E-state index contributed by atoms with van der Waals surface area (Å²) in [6.45, 7) is 6.61. The highest BCUT2D eigenvalue weighted by Crippen LogP contribution is 2.12. The highest BCUT2D eigenvalue weighted by Gasteiger charge is 1.96. The first-order valence-electron chi connectivity index (χ1n) is 4.55. The molecular weight excluding hydrogens is 212 g/mol. The highest BCUT2D eigenvalue weighted by atomic mass is 79.9. The number of hydrogen-bond acceptors (Lipinski definition) is 0. The van der Waals surface area contributed by atoms with Gasteiger partial charge in [0.2, 0.25) is 0 Å². The molecular formula is C11H19Br. The predicted molar refractivity (Wildman–Crippen MR) is 60.5 cm³/mol. The summed E-state index contributed by atoms with van der Waals surface area (Å²) in [5.41, 5.74) is 1.43. The van der Waals surface area contributed by atoms with Gasteiger partial charge in [0, 0.05) is 0 Å². The normalized spacial score (nSPS) is 13.3. The van der Waals surface area contributed by atoms with E-state index in [9.17, 15) is 0 Å². The van der Waals surface area contributed by atoms with Gasteiger partial charge in [-0.15, -0.1) is 0 Å². The molecule has 0 aromatic rings. The maximum atomic E-state index is 3.28. The summed E-state index contributed by atoms with van der Waals surface area (Å²) in [4.78, 5) is 1.95. The van der Waals surface area contributed by atoms with Gasteiger partial charge in [0.1, 0.15) is 0 Å². The SMILES string of the molecule is CC(C)=CCCC(C)C/C=C/Br. The molecule has 0 aliphatic rings. The van der Waals surface area contributed by atoms with E-state index in [1.54, 1.807) is 0 Å². The van der Waals surface area contributed by atoms with Gasteiger partial charge in [-0.25, -0.2) is 0 Å². The maximum absolute atomic E-state index is 3.28. The molecule has 0 aliphatic heterocycles. The van der Waals surface area contributed by atoms with Crippen LogP contribution in [0.5, 0.6) is 0 Å². The van der Waals surface area contributed by atoms with Crippen molar-refractivity contribution in [2.75, 3.05) is 0 Å². The van der Waals surface area contributed by atoms with E-state index >= 15 is 0 Å². The first kappa shape index (κ1) is 12.0. The lowest BCUT2D eigenvalue weighted by molar-refractivity contribution is 0.546. The molecule has 0 heterocycles. The van der Waals surface area contributed by atoms with Crippen molar-refractivity contribution in [3.05, 3.63) is 22.7 Å². The summed E-state index contributed by atoms with van der Waals surface area (Å²) in [7, 11) is 0. The lowest BCUT2D eigenvalue weighted by Gasteiger charge is -2.05. The van der Waals surface area contributed by atoms with Crippen LogP contribution in [0.4, 0.5) is 0 Å². The van der Waals surface area contributed by atoms with Crippen LogP contribution in [-0.2, 0) is 0 Å². The Hall–Kier alpha value is -0.0400. The highest BCUT2D eigenvalue weighted by molar-refractivity contribution is 9.11. The van der Waals surface area contributed by atoms with E-state index in [0.717, 1.165) is 5.92 Å². The molecule has 1 heteroatoms. The van der Waals surface area contributed by atoms with Crippen molar-refractivity contribution in [3.8, 4) is 0 Å². The van der Waals surface area contributed by atoms with Crippen LogP contribution in [0.1, 0.15) is 40.0 Å². The van der Waals surface area contributed by atoms with E-state index in [0.29, 0.717) is 0 Å². The number of allylic oxidation sites excluding steroid dienone is 3. The number of rotatable bonds is 5. The van der Waals surface area contributed by atoms with E-state index in [-0.39, 0.29) is 0 Å². The summed E-state index contributed by atoms with van der Waals surface area (Å²) in [5.74, 6) is 0.800. The third-order valence-electron chi connectivity index (χ3n) is 1.84. The zero-order valence-corrected chi connectivity index (χ0v) is 9.89. The van der Waals surface area contributed by atoms with Crippen LogP contribution < -0.4 is 0 Å². The topological polar surface area (TPSA) is 0 Å². The Morgan fingerprint density at radius 1 is 1.42 bits per heavy atom. The van der Waals surface area contributed by atoms with E-state index in [1.807, 2.05) is 4.99 Å². The molecule has 0 aromatic heterocycles. The molecule has 0 radical (unpaired) electrons. The summed E-state index contributed by atoms with van der Waals surface area (Å²) >= 11 is 3.28. The van der Waals surface area contributed by atoms with Crippen LogP contribution in [0.25, 0.3) is 0 Å². The van der Waals surface area contributed by atoms with E-state index in [1.165, 1.54) is 24.8 Å². The van der Waals surface area contributed by atoms with Gasteiger partial charge < -0.3 is 0 Å². The van der Waals surface area contributed by atoms with Crippen LogP contribution in [0, 0.1) is 5.92 Å². The fraction of sp³-hybridized carbons (Fsp3) is 0.636. The van der Waals surface area contributed by atoms with Gasteiger partial charge in [-0.1, -0.05) is 40.6 Å². The van der Waals surface area contributed by atoms with Crippen molar-refractivity contribution in [2.45, 2.75) is 40.0 Å². The zero-order valence-electron chi connectivity index (χ0n) is 8.31. The van der Waals surface area contributed by atoms with Crippen LogP contribution in [0.2, 0.25) is 0 Å². The molecule has 0 N–H and O–H groups in total. The molecule has 0 saturated carbocycles. The number of hydrogen-bond donors (Lipinski definition) is 0. The van der Waals surface area contributed by atoms with Crippen molar-refractivity contribution in [3.63, 3.8) is 0 Å². The molecule has 0 nitrogen and oxygen atoms in total. The molecule has 0 amide bonds. The van der Waals surface area contributed by atoms with Crippen molar-refractivity contribution in [1.82, 2.24) is 0 Å². The van der Waals surface area contributed by atoms with Crippen LogP contribution in [0.15, 0.2) is 22.7 Å². The third kappa shape index (κ3) is 8.06. The fourth-order valence-corrected chi connectivity index (χ4v) is 1.27. The van der Waals surface area contributed by atoms with Gasteiger partial charge >= 0.3 is 0 Å². The monoisotopic (exact) mass is 230 g/mol. The zero-order chi connectivity index (χ0) is 9.40. The predicted octanol–water partition coefficient (Wildman–Crippen LogP) is 4.67. The van der Waals surface area contributed by atoms with Crippen molar-refractivity contribution in [1.29, 1.82) is 0 Å². The third-order valence-corrected chi connectivity index (χ3v) is 2.21. The Labute approximate surface area is 84.9 Å². The molecule has 0 spiro atoms. The molecule has 1 unspecified atom stereocenters. The molecule has 0 saturated heterocycles. The van der Waals surface area contributed by atoms with Gasteiger partial charge in [0.25, 0.3) is 0 Å². The molecule has 0 bridgehead atoms. The molecule has 0 aliphatic carbocycles. The van der Waals surface area contributed by atoms with Gasteiger partial charge in [0.15, 0.2) is 0 Å². The van der Waals surface area contributed by atoms with Gasteiger partial charge in [-0.2, -0.15) is 0 Å². The summed E-state index contributed by atoms with van der Waals surface area (Å²) < 4.78 is 0. The average Bonchev–Trinajstić information content (AvgIpc) is 2.00. The minimum atomic E-state index is 0.800. The summed E-state index contributed by atoms with van der Waals surface area (Å²) in [6, 6.07) is 0. The second-order valence-corrected chi connectivity index (χ2v) is 4.09. The lowest BCUT2D eigenvalue weighted by atomic mass is 10.0. The average molecular weight is 231 g/mol. The largest absolute Gasteiger partial charge is 0.0859 e.